The van der Waals surface area contributed by atoms with E-state index in [1.54, 1.807) is 24.3 Å². The quantitative estimate of drug-likeness (QED) is 0.841. The van der Waals surface area contributed by atoms with Crippen LogP contribution in [0.4, 0.5) is 5.69 Å². The number of carbonyl (C=O) groups is 1. The molecule has 0 fully saturated rings. The molecule has 7 heteroatoms. The Morgan fingerprint density at radius 2 is 1.81 bits per heavy atom. The van der Waals surface area contributed by atoms with E-state index in [4.69, 9.17) is 4.74 Å². The van der Waals surface area contributed by atoms with Gasteiger partial charge >= 0.3 is 0 Å². The fourth-order valence-electron chi connectivity index (χ4n) is 3.25. The summed E-state index contributed by atoms with van der Waals surface area (Å²) >= 11 is 0. The van der Waals surface area contributed by atoms with E-state index in [1.807, 2.05) is 39.0 Å². The zero-order chi connectivity index (χ0) is 19.8. The lowest BCUT2D eigenvalue weighted by atomic mass is 9.88. The summed E-state index contributed by atoms with van der Waals surface area (Å²) in [5.74, 6) is 0.575. The summed E-state index contributed by atoms with van der Waals surface area (Å²) in [5.41, 5.74) is 2.57. The first-order valence-corrected chi connectivity index (χ1v) is 10.6. The number of amides is 1. The van der Waals surface area contributed by atoms with Crippen molar-refractivity contribution < 1.29 is 17.9 Å². The molecule has 0 saturated carbocycles. The van der Waals surface area contributed by atoms with Crippen LogP contribution in [-0.4, -0.2) is 26.2 Å². The number of anilines is 1. The van der Waals surface area contributed by atoms with Gasteiger partial charge in [0.05, 0.1) is 12.3 Å². The molecule has 1 aliphatic rings. The van der Waals surface area contributed by atoms with Gasteiger partial charge in [-0.05, 0) is 51.1 Å². The molecule has 1 heterocycles. The van der Waals surface area contributed by atoms with Crippen molar-refractivity contribution in [3.05, 3.63) is 59.2 Å². The first-order chi connectivity index (χ1) is 12.5. The number of benzene rings is 2. The van der Waals surface area contributed by atoms with Gasteiger partial charge in [0.15, 0.2) is 0 Å². The highest BCUT2D eigenvalue weighted by Crippen LogP contribution is 2.40. The smallest absolute Gasteiger partial charge is 0.251 e. The molecule has 1 aliphatic heterocycles. The van der Waals surface area contributed by atoms with Crippen molar-refractivity contribution in [3.63, 3.8) is 0 Å². The molecule has 0 unspecified atom stereocenters. The number of hydrogen-bond acceptors (Lipinski definition) is 4. The van der Waals surface area contributed by atoms with Gasteiger partial charge in [0.25, 0.3) is 5.91 Å². The Kier molecular flexibility index (Phi) is 4.90. The second kappa shape index (κ2) is 6.88. The van der Waals surface area contributed by atoms with Gasteiger partial charge in [-0.25, -0.2) is 8.42 Å². The molecule has 6 nitrogen and oxygen atoms in total. The molecule has 0 aromatic heterocycles. The molecule has 0 saturated heterocycles. The zero-order valence-corrected chi connectivity index (χ0v) is 16.7. The fourth-order valence-corrected chi connectivity index (χ4v) is 3.81. The first kappa shape index (κ1) is 19.2. The SMILES string of the molecule is Cc1ccc2c(c1)[C@H](NC(=O)c1ccc(NS(C)(=O)=O)cc1)CC(C)(C)O2. The van der Waals surface area contributed by atoms with Gasteiger partial charge in [0, 0.05) is 23.2 Å². The van der Waals surface area contributed by atoms with Crippen molar-refractivity contribution in [1.82, 2.24) is 5.32 Å². The summed E-state index contributed by atoms with van der Waals surface area (Å²) in [5, 5.41) is 3.08. The lowest BCUT2D eigenvalue weighted by Gasteiger charge is -2.38. The molecule has 1 atom stereocenters. The molecular formula is C20H24N2O4S. The molecular weight excluding hydrogens is 364 g/mol. The van der Waals surface area contributed by atoms with Crippen LogP contribution in [0.1, 0.15) is 47.8 Å². The van der Waals surface area contributed by atoms with E-state index in [-0.39, 0.29) is 17.6 Å². The van der Waals surface area contributed by atoms with Crippen LogP contribution in [0.5, 0.6) is 5.75 Å². The topological polar surface area (TPSA) is 84.5 Å². The Morgan fingerprint density at radius 1 is 1.15 bits per heavy atom. The molecule has 2 aromatic carbocycles. The Morgan fingerprint density at radius 3 is 2.44 bits per heavy atom. The summed E-state index contributed by atoms with van der Waals surface area (Å²) in [7, 11) is -3.35. The molecule has 1 amide bonds. The molecule has 3 rings (SSSR count). The third-order valence-electron chi connectivity index (χ3n) is 4.38. The third-order valence-corrected chi connectivity index (χ3v) is 4.98. The van der Waals surface area contributed by atoms with Gasteiger partial charge < -0.3 is 10.1 Å². The van der Waals surface area contributed by atoms with Gasteiger partial charge in [0.1, 0.15) is 11.4 Å². The van der Waals surface area contributed by atoms with Crippen LogP contribution in [0.3, 0.4) is 0 Å². The number of aryl methyl sites for hydroxylation is 1. The lowest BCUT2D eigenvalue weighted by Crippen LogP contribution is -2.41. The molecule has 0 bridgehead atoms. The van der Waals surface area contributed by atoms with E-state index in [1.165, 1.54) is 0 Å². The van der Waals surface area contributed by atoms with Crippen LogP contribution < -0.4 is 14.8 Å². The van der Waals surface area contributed by atoms with E-state index in [9.17, 15) is 13.2 Å². The van der Waals surface area contributed by atoms with Crippen molar-refractivity contribution in [2.75, 3.05) is 11.0 Å². The predicted octanol–water partition coefficient (Wildman–Crippen LogP) is 3.40. The molecule has 144 valence electrons. The Balaban J connectivity index is 1.80. The van der Waals surface area contributed by atoms with Gasteiger partial charge in [-0.2, -0.15) is 0 Å². The number of fused-ring (bicyclic) bond motifs is 1. The highest BCUT2D eigenvalue weighted by molar-refractivity contribution is 7.92. The number of nitrogens with one attached hydrogen (secondary N) is 2. The largest absolute Gasteiger partial charge is 0.487 e. The zero-order valence-electron chi connectivity index (χ0n) is 15.9. The summed E-state index contributed by atoms with van der Waals surface area (Å²) in [6, 6.07) is 12.2. The second-order valence-corrected chi connectivity index (χ2v) is 9.33. The molecule has 2 N–H and O–H groups in total. The lowest BCUT2D eigenvalue weighted by molar-refractivity contribution is 0.0619. The van der Waals surface area contributed by atoms with Crippen molar-refractivity contribution >= 4 is 21.6 Å². The Labute approximate surface area is 160 Å². The van der Waals surface area contributed by atoms with Crippen LogP contribution in [0, 0.1) is 6.92 Å². The minimum Gasteiger partial charge on any atom is -0.487 e. The maximum atomic E-state index is 12.7. The van der Waals surface area contributed by atoms with Crippen molar-refractivity contribution in [2.24, 2.45) is 0 Å². The van der Waals surface area contributed by atoms with Crippen LogP contribution in [0.25, 0.3) is 0 Å². The number of rotatable bonds is 4. The highest BCUT2D eigenvalue weighted by atomic mass is 32.2. The Hall–Kier alpha value is -2.54. The summed E-state index contributed by atoms with van der Waals surface area (Å²) < 4.78 is 31.0. The van der Waals surface area contributed by atoms with E-state index in [0.717, 1.165) is 23.1 Å². The normalized spacial score (nSPS) is 18.1. The highest BCUT2D eigenvalue weighted by Gasteiger charge is 2.34. The van der Waals surface area contributed by atoms with Gasteiger partial charge in [-0.15, -0.1) is 0 Å². The van der Waals surface area contributed by atoms with Gasteiger partial charge in [-0.1, -0.05) is 17.7 Å². The van der Waals surface area contributed by atoms with Crippen LogP contribution in [-0.2, 0) is 10.0 Å². The number of sulfonamides is 1. The molecule has 0 radical (unpaired) electrons. The summed E-state index contributed by atoms with van der Waals surface area (Å²) in [6.07, 6.45) is 1.74. The first-order valence-electron chi connectivity index (χ1n) is 8.71. The maximum Gasteiger partial charge on any atom is 0.251 e. The van der Waals surface area contributed by atoms with E-state index in [2.05, 4.69) is 10.0 Å². The molecule has 27 heavy (non-hydrogen) atoms. The minimum atomic E-state index is -3.35. The van der Waals surface area contributed by atoms with Gasteiger partial charge in [0.2, 0.25) is 10.0 Å². The van der Waals surface area contributed by atoms with E-state index >= 15 is 0 Å². The predicted molar refractivity (Wildman–Crippen MR) is 106 cm³/mol. The monoisotopic (exact) mass is 388 g/mol. The van der Waals surface area contributed by atoms with E-state index in [0.29, 0.717) is 17.7 Å². The molecule has 2 aromatic rings. The van der Waals surface area contributed by atoms with Gasteiger partial charge in [-0.3, -0.25) is 9.52 Å². The van der Waals surface area contributed by atoms with Crippen LogP contribution in [0.15, 0.2) is 42.5 Å². The molecule has 0 aliphatic carbocycles. The molecule has 0 spiro atoms. The number of carbonyl (C=O) groups excluding carboxylic acids is 1. The number of hydrogen-bond donors (Lipinski definition) is 2. The second-order valence-electron chi connectivity index (χ2n) is 7.58. The Bertz CT molecular complexity index is 966. The van der Waals surface area contributed by atoms with E-state index < -0.39 is 10.0 Å². The summed E-state index contributed by atoms with van der Waals surface area (Å²) in [6.45, 7) is 6.01. The fraction of sp³-hybridized carbons (Fsp3) is 0.350. The van der Waals surface area contributed by atoms with Crippen molar-refractivity contribution in [1.29, 1.82) is 0 Å². The number of ether oxygens (including phenoxy) is 1. The van der Waals surface area contributed by atoms with Crippen LogP contribution in [0.2, 0.25) is 0 Å². The summed E-state index contributed by atoms with van der Waals surface area (Å²) in [4.78, 5) is 12.7. The maximum absolute atomic E-state index is 12.7. The van der Waals surface area contributed by atoms with Crippen molar-refractivity contribution in [2.45, 2.75) is 38.8 Å². The third kappa shape index (κ3) is 4.80. The van der Waals surface area contributed by atoms with Crippen molar-refractivity contribution in [3.8, 4) is 5.75 Å². The average Bonchev–Trinajstić information content (AvgIpc) is 2.54. The minimum absolute atomic E-state index is 0.162. The standard InChI is InChI=1S/C20H24N2O4S/c1-13-5-10-18-16(11-13)17(12-20(2,3)26-18)21-19(23)14-6-8-15(9-7-14)22-27(4,24)25/h5-11,17,22H,12H2,1-4H3,(H,21,23)/t17-/m1/s1. The average molecular weight is 388 g/mol. The van der Waals surface area contributed by atoms with Crippen LogP contribution >= 0.6 is 0 Å².